The largest absolute Gasteiger partial charge is 0.861 e. The van der Waals surface area contributed by atoms with Crippen molar-refractivity contribution in [3.8, 4) is 0 Å². The number of imidazole rings is 1. The molecular formula is C11H15N5O2S. The number of aryl methyl sites for hydroxylation is 1. The van der Waals surface area contributed by atoms with Crippen LogP contribution in [0.15, 0.2) is 33.3 Å². The second kappa shape index (κ2) is 5.87. The molecule has 0 unspecified atom stereocenters. The molecule has 0 amide bonds. The summed E-state index contributed by atoms with van der Waals surface area (Å²) in [7, 11) is 1.87. The number of rotatable bonds is 5. The van der Waals surface area contributed by atoms with Gasteiger partial charge in [-0.25, -0.2) is 9.98 Å². The van der Waals surface area contributed by atoms with Gasteiger partial charge in [0.2, 0.25) is 5.27 Å². The van der Waals surface area contributed by atoms with E-state index < -0.39 is 0 Å². The fourth-order valence-electron chi connectivity index (χ4n) is 1.31. The minimum Gasteiger partial charge on any atom is -0.861 e. The SMILES string of the molecule is CC(C)[n+]1cc(/N=C(\[O-])CSc2nccn2C)on1. The molecule has 0 aromatic carbocycles. The Bertz CT molecular complexity index is 575. The Kier molecular flexibility index (Phi) is 4.20. The van der Waals surface area contributed by atoms with Gasteiger partial charge in [0, 0.05) is 25.2 Å². The molecule has 2 aromatic rings. The molecule has 0 saturated heterocycles. The average Bonchev–Trinajstić information content (AvgIpc) is 2.96. The molecule has 0 spiro atoms. The van der Waals surface area contributed by atoms with E-state index in [1.165, 1.54) is 11.8 Å². The summed E-state index contributed by atoms with van der Waals surface area (Å²) in [5.41, 5.74) is 0. The van der Waals surface area contributed by atoms with Crippen molar-refractivity contribution in [3.05, 3.63) is 18.6 Å². The third-order valence-corrected chi connectivity index (χ3v) is 3.38. The molecule has 8 heteroatoms. The second-order valence-electron chi connectivity index (χ2n) is 4.23. The van der Waals surface area contributed by atoms with Gasteiger partial charge in [0.05, 0.1) is 0 Å². The van der Waals surface area contributed by atoms with Crippen molar-refractivity contribution >= 4 is 23.5 Å². The van der Waals surface area contributed by atoms with Gasteiger partial charge in [-0.05, 0) is 24.4 Å². The Morgan fingerprint density at radius 2 is 2.42 bits per heavy atom. The summed E-state index contributed by atoms with van der Waals surface area (Å²) in [6.07, 6.45) is 5.12. The highest BCUT2D eigenvalue weighted by molar-refractivity contribution is 7.99. The van der Waals surface area contributed by atoms with Crippen molar-refractivity contribution in [3.63, 3.8) is 0 Å². The van der Waals surface area contributed by atoms with E-state index in [0.717, 1.165) is 5.16 Å². The number of aliphatic imine (C=N–C) groups is 1. The fraction of sp³-hybridized carbons (Fsp3) is 0.455. The standard InChI is InChI=1S/C11H15N5O2S/c1-8(2)16-6-10(18-14-16)13-9(17)7-19-11-12-4-5-15(11)3/h4-6,8H,7H2,1-3H3. The summed E-state index contributed by atoms with van der Waals surface area (Å²) in [6, 6.07) is 0.171. The van der Waals surface area contributed by atoms with Crippen LogP contribution >= 0.6 is 11.8 Å². The van der Waals surface area contributed by atoms with E-state index in [-0.39, 0.29) is 23.6 Å². The van der Waals surface area contributed by atoms with Gasteiger partial charge in [-0.2, -0.15) is 0 Å². The van der Waals surface area contributed by atoms with Crippen molar-refractivity contribution in [2.75, 3.05) is 5.75 Å². The number of nitrogens with zero attached hydrogens (tertiary/aromatic N) is 5. The minimum atomic E-state index is -0.278. The van der Waals surface area contributed by atoms with Crippen molar-refractivity contribution in [1.29, 1.82) is 0 Å². The molecule has 2 heterocycles. The van der Waals surface area contributed by atoms with Crippen molar-refractivity contribution in [2.45, 2.75) is 25.0 Å². The lowest BCUT2D eigenvalue weighted by molar-refractivity contribution is -0.779. The molecule has 0 bridgehead atoms. The van der Waals surface area contributed by atoms with E-state index in [2.05, 4.69) is 15.2 Å². The third kappa shape index (κ3) is 3.57. The molecule has 0 aliphatic heterocycles. The Labute approximate surface area is 114 Å². The van der Waals surface area contributed by atoms with Crippen molar-refractivity contribution in [1.82, 2.24) is 14.8 Å². The van der Waals surface area contributed by atoms with Gasteiger partial charge in [-0.15, -0.1) is 0 Å². The summed E-state index contributed by atoms with van der Waals surface area (Å²) in [5.74, 6) is 0.159. The average molecular weight is 281 g/mol. The first kappa shape index (κ1) is 13.6. The van der Waals surface area contributed by atoms with Crippen molar-refractivity contribution < 1.29 is 14.3 Å². The van der Waals surface area contributed by atoms with E-state index >= 15 is 0 Å². The number of hydrogen-bond donors (Lipinski definition) is 0. The Balaban J connectivity index is 1.96. The molecule has 2 aromatic heterocycles. The maximum absolute atomic E-state index is 11.7. The summed E-state index contributed by atoms with van der Waals surface area (Å²) in [6.45, 7) is 3.93. The first-order chi connectivity index (χ1) is 9.06. The molecule has 0 N–H and O–H groups in total. The minimum absolute atomic E-state index is 0.171. The van der Waals surface area contributed by atoms with Gasteiger partial charge >= 0.3 is 5.88 Å². The van der Waals surface area contributed by atoms with Crippen LogP contribution in [0, 0.1) is 0 Å². The molecule has 7 nitrogen and oxygen atoms in total. The first-order valence-electron chi connectivity index (χ1n) is 5.79. The Hall–Kier alpha value is -1.83. The molecule has 0 saturated carbocycles. The highest BCUT2D eigenvalue weighted by Gasteiger charge is 2.13. The normalized spacial score (nSPS) is 12.3. The lowest BCUT2D eigenvalue weighted by Crippen LogP contribution is -2.36. The van der Waals surface area contributed by atoms with Gasteiger partial charge in [0.1, 0.15) is 0 Å². The molecule has 0 atom stereocenters. The maximum Gasteiger partial charge on any atom is 0.320 e. The molecule has 0 radical (unpaired) electrons. The summed E-state index contributed by atoms with van der Waals surface area (Å²) in [5, 5.41) is 16.2. The van der Waals surface area contributed by atoms with Crippen LogP contribution in [0.4, 0.5) is 5.88 Å². The van der Waals surface area contributed by atoms with Crippen LogP contribution in [0.1, 0.15) is 19.9 Å². The molecular weight excluding hydrogens is 266 g/mol. The monoisotopic (exact) mass is 281 g/mol. The summed E-state index contributed by atoms with van der Waals surface area (Å²) < 4.78 is 8.41. The lowest BCUT2D eigenvalue weighted by Gasteiger charge is -2.07. The zero-order valence-corrected chi connectivity index (χ0v) is 11.8. The van der Waals surface area contributed by atoms with Crippen LogP contribution in [-0.4, -0.2) is 26.5 Å². The predicted octanol–water partition coefficient (Wildman–Crippen LogP) is 0.459. The van der Waals surface area contributed by atoms with E-state index in [0.29, 0.717) is 0 Å². The maximum atomic E-state index is 11.7. The first-order valence-corrected chi connectivity index (χ1v) is 6.77. The summed E-state index contributed by atoms with van der Waals surface area (Å²) in [4.78, 5) is 7.96. The third-order valence-electron chi connectivity index (χ3n) is 2.34. The van der Waals surface area contributed by atoms with Crippen LogP contribution in [0.3, 0.4) is 0 Å². The van der Waals surface area contributed by atoms with Gasteiger partial charge in [-0.3, -0.25) is 4.52 Å². The quantitative estimate of drug-likeness (QED) is 0.344. The highest BCUT2D eigenvalue weighted by Crippen LogP contribution is 2.15. The predicted molar refractivity (Wildman–Crippen MR) is 68.1 cm³/mol. The van der Waals surface area contributed by atoms with E-state index in [9.17, 15) is 5.11 Å². The molecule has 2 rings (SSSR count). The zero-order valence-electron chi connectivity index (χ0n) is 11.0. The van der Waals surface area contributed by atoms with Gasteiger partial charge < -0.3 is 9.67 Å². The van der Waals surface area contributed by atoms with Gasteiger partial charge in [-0.1, -0.05) is 11.8 Å². The Morgan fingerprint density at radius 1 is 1.63 bits per heavy atom. The molecule has 19 heavy (non-hydrogen) atoms. The highest BCUT2D eigenvalue weighted by atomic mass is 32.2. The Morgan fingerprint density at radius 3 is 3.00 bits per heavy atom. The van der Waals surface area contributed by atoms with E-state index in [1.807, 2.05) is 31.7 Å². The molecule has 102 valence electrons. The fourth-order valence-corrected chi connectivity index (χ4v) is 2.03. The van der Waals surface area contributed by atoms with Crippen LogP contribution in [0.5, 0.6) is 0 Å². The topological polar surface area (TPSA) is 83.1 Å². The van der Waals surface area contributed by atoms with E-state index in [1.54, 1.807) is 17.1 Å². The molecule has 0 aliphatic carbocycles. The zero-order chi connectivity index (χ0) is 13.8. The number of aromatic nitrogens is 4. The van der Waals surface area contributed by atoms with Crippen LogP contribution in [-0.2, 0) is 7.05 Å². The second-order valence-corrected chi connectivity index (χ2v) is 5.17. The van der Waals surface area contributed by atoms with Crippen LogP contribution in [0.25, 0.3) is 0 Å². The molecule has 0 aliphatic rings. The molecule has 0 fully saturated rings. The number of thioether (sulfide) groups is 1. The summed E-state index contributed by atoms with van der Waals surface area (Å²) >= 11 is 1.33. The smallest absolute Gasteiger partial charge is 0.320 e. The van der Waals surface area contributed by atoms with Gasteiger partial charge in [0.25, 0.3) is 6.20 Å². The van der Waals surface area contributed by atoms with Crippen LogP contribution in [0.2, 0.25) is 0 Å². The van der Waals surface area contributed by atoms with Gasteiger partial charge in [0.15, 0.2) is 11.2 Å². The van der Waals surface area contributed by atoms with Crippen LogP contribution < -0.4 is 9.79 Å². The lowest BCUT2D eigenvalue weighted by atomic mass is 10.4. The van der Waals surface area contributed by atoms with Crippen molar-refractivity contribution in [2.24, 2.45) is 12.0 Å². The van der Waals surface area contributed by atoms with E-state index in [4.69, 9.17) is 4.52 Å². The number of hydrogen-bond acceptors (Lipinski definition) is 6.